The molecule has 4 aliphatic carbocycles. The van der Waals surface area contributed by atoms with Crippen molar-refractivity contribution in [1.82, 2.24) is 9.13 Å². The number of anilines is 2. The zero-order chi connectivity index (χ0) is 38.6. The van der Waals surface area contributed by atoms with Crippen LogP contribution in [0.15, 0.2) is 34.1 Å². The lowest BCUT2D eigenvalue weighted by Gasteiger charge is -2.23. The molecule has 4 N–H and O–H groups in total. The maximum absolute atomic E-state index is 15.9. The fourth-order valence-electron chi connectivity index (χ4n) is 9.04. The van der Waals surface area contributed by atoms with Gasteiger partial charge in [-0.2, -0.15) is 0 Å². The third-order valence-corrected chi connectivity index (χ3v) is 13.6. The number of nitrogens with two attached hydrogens (primary N) is 2. The lowest BCUT2D eigenvalue weighted by Crippen LogP contribution is -2.30. The average molecular weight is 802 g/mol. The molecule has 6 fully saturated rings. The summed E-state index contributed by atoms with van der Waals surface area (Å²) in [5.41, 5.74) is 8.87. The second-order valence-corrected chi connectivity index (χ2v) is 17.2. The van der Waals surface area contributed by atoms with Crippen molar-refractivity contribution in [2.75, 3.05) is 36.0 Å². The Morgan fingerprint density at radius 1 is 0.709 bits per heavy atom. The van der Waals surface area contributed by atoms with Gasteiger partial charge < -0.3 is 35.1 Å². The molecule has 2 spiro atoms. The van der Waals surface area contributed by atoms with Crippen LogP contribution in [-0.2, 0) is 4.74 Å². The summed E-state index contributed by atoms with van der Waals surface area (Å²) in [6.45, 7) is 1.56. The van der Waals surface area contributed by atoms with Crippen molar-refractivity contribution in [3.8, 4) is 0 Å². The van der Waals surface area contributed by atoms with Gasteiger partial charge in [0.1, 0.15) is 35.1 Å². The van der Waals surface area contributed by atoms with Crippen LogP contribution in [0.25, 0.3) is 21.8 Å². The van der Waals surface area contributed by atoms with Gasteiger partial charge in [-0.25, -0.2) is 27.2 Å². The number of halogens is 6. The quantitative estimate of drug-likeness (QED) is 0.150. The second-order valence-electron chi connectivity index (χ2n) is 16.4. The molecule has 0 radical (unpaired) electrons. The molecule has 2 aliphatic heterocycles. The molecule has 0 bridgehead atoms. The van der Waals surface area contributed by atoms with Crippen LogP contribution in [-0.4, -0.2) is 71.7 Å². The van der Waals surface area contributed by atoms with E-state index < -0.39 is 70.0 Å². The van der Waals surface area contributed by atoms with E-state index in [1.165, 1.54) is 9.13 Å². The van der Waals surface area contributed by atoms with Crippen molar-refractivity contribution in [3.63, 3.8) is 0 Å². The van der Waals surface area contributed by atoms with Gasteiger partial charge in [0, 0.05) is 74.3 Å². The molecule has 55 heavy (non-hydrogen) atoms. The first kappa shape index (κ1) is 35.2. The number of esters is 2. The van der Waals surface area contributed by atoms with Gasteiger partial charge in [0.15, 0.2) is 0 Å². The molecule has 0 unspecified atom stereocenters. The van der Waals surface area contributed by atoms with E-state index in [-0.39, 0.29) is 79.0 Å². The van der Waals surface area contributed by atoms with Gasteiger partial charge in [-0.3, -0.25) is 9.59 Å². The topological polar surface area (TPSA) is 146 Å². The number of carbonyl (C=O) groups is 2. The molecule has 6 atom stereocenters. The zero-order valence-electron chi connectivity index (χ0n) is 29.1. The fraction of sp³-hybridized carbons (Fsp3) is 0.474. The van der Waals surface area contributed by atoms with E-state index >= 15 is 8.78 Å². The Morgan fingerprint density at radius 3 is 1.38 bits per heavy atom. The van der Waals surface area contributed by atoms with E-state index in [0.29, 0.717) is 26.2 Å². The maximum atomic E-state index is 15.9. The molecule has 2 aromatic heterocycles. The number of benzene rings is 2. The smallest absolute Gasteiger partial charge is 0.351 e. The number of alkyl halides is 2. The van der Waals surface area contributed by atoms with Gasteiger partial charge in [0.25, 0.3) is 0 Å². The van der Waals surface area contributed by atoms with Crippen LogP contribution in [0.4, 0.5) is 28.9 Å². The van der Waals surface area contributed by atoms with E-state index in [4.69, 9.17) is 39.4 Å². The summed E-state index contributed by atoms with van der Waals surface area (Å²) in [4.78, 5) is 58.3. The first-order chi connectivity index (χ1) is 26.1. The standard InChI is InChI=1S/C38H34Cl2F4N6O5/c39-27-29-15(5-21(43)31(27)47-11-25(45)37(13-47)1-2-37)33(51)17(9-49(29)23-7-19(23)41)35(53)55-36(54)18-10-50(24-8-20(24)42)30-16(34(18)52)6-22(44)32(28(30)40)48-12-26(46)38(14-48)3-4-38/h5-6,9-10,19-20,23-26H,1-4,7-8,11-14,45-46H2/t19-,20-,23+,24+,25+,26+/m0/s1. The number of hydrogen-bond donors (Lipinski definition) is 2. The van der Waals surface area contributed by atoms with E-state index in [0.717, 1.165) is 50.2 Å². The number of nitrogens with zero attached hydrogens (tertiary/aromatic N) is 4. The monoisotopic (exact) mass is 800 g/mol. The van der Waals surface area contributed by atoms with Crippen molar-refractivity contribution in [2.24, 2.45) is 22.3 Å². The molecular weight excluding hydrogens is 767 g/mol. The summed E-state index contributed by atoms with van der Waals surface area (Å²) in [6, 6.07) is -0.280. The highest BCUT2D eigenvalue weighted by molar-refractivity contribution is 6.38. The van der Waals surface area contributed by atoms with Gasteiger partial charge in [-0.05, 0) is 37.8 Å². The number of hydrogen-bond acceptors (Lipinski definition) is 9. The first-order valence-electron chi connectivity index (χ1n) is 18.3. The van der Waals surface area contributed by atoms with Crippen LogP contribution in [0.5, 0.6) is 0 Å². The largest absolute Gasteiger partial charge is 0.385 e. The molecule has 4 saturated carbocycles. The van der Waals surface area contributed by atoms with Gasteiger partial charge in [0.05, 0.1) is 55.3 Å². The van der Waals surface area contributed by atoms with Crippen LogP contribution in [0.1, 0.15) is 71.3 Å². The lowest BCUT2D eigenvalue weighted by molar-refractivity contribution is 0.0395. The highest BCUT2D eigenvalue weighted by Crippen LogP contribution is 2.55. The molecule has 0 amide bonds. The predicted molar refractivity (Wildman–Crippen MR) is 197 cm³/mol. The van der Waals surface area contributed by atoms with Crippen LogP contribution in [0.2, 0.25) is 10.0 Å². The molecule has 17 heteroatoms. The number of ether oxygens (including phenoxy) is 1. The summed E-state index contributed by atoms with van der Waals surface area (Å²) in [6.07, 6.45) is 2.91. The number of pyridine rings is 2. The minimum atomic E-state index is -1.51. The molecular formula is C38H34Cl2F4N6O5. The third kappa shape index (κ3) is 5.21. The SMILES string of the molecule is N[C@@H]1CN(c2c(F)cc3c(=O)c(C(=O)OC(=O)c4cn([C@@H]5C[C@@H]5F)c5c(Cl)c(N6C[C@@H](N)C7(CC7)C6)c(F)cc5c4=O)cn([C@@H]4C[C@@H]4F)c3c2Cl)CC12CC2. The Morgan fingerprint density at radius 2 is 1.07 bits per heavy atom. The van der Waals surface area contributed by atoms with Crippen molar-refractivity contribution >= 4 is 68.3 Å². The van der Waals surface area contributed by atoms with E-state index in [2.05, 4.69) is 0 Å². The number of fused-ring (bicyclic) bond motifs is 2. The van der Waals surface area contributed by atoms with E-state index in [1.807, 2.05) is 0 Å². The highest BCUT2D eigenvalue weighted by atomic mass is 35.5. The average Bonchev–Trinajstić information content (AvgIpc) is 3.97. The minimum absolute atomic E-state index is 0.00512. The Balaban J connectivity index is 1.02. The fourth-order valence-corrected chi connectivity index (χ4v) is 9.85. The van der Waals surface area contributed by atoms with Crippen LogP contribution in [0.3, 0.4) is 0 Å². The molecule has 6 aliphatic rings. The zero-order valence-corrected chi connectivity index (χ0v) is 30.6. The Bertz CT molecular complexity index is 2380. The first-order valence-corrected chi connectivity index (χ1v) is 19.1. The summed E-state index contributed by atoms with van der Waals surface area (Å²) in [7, 11) is 0. The minimum Gasteiger partial charge on any atom is -0.385 e. The van der Waals surface area contributed by atoms with Crippen molar-refractivity contribution in [1.29, 1.82) is 0 Å². The number of carbonyl (C=O) groups excluding carboxylic acids is 2. The van der Waals surface area contributed by atoms with E-state index in [1.54, 1.807) is 9.80 Å². The van der Waals surface area contributed by atoms with Crippen molar-refractivity contribution in [2.45, 2.75) is 75.0 Å². The molecule has 10 rings (SSSR count). The van der Waals surface area contributed by atoms with Crippen LogP contribution in [0, 0.1) is 22.5 Å². The number of rotatable bonds is 6. The summed E-state index contributed by atoms with van der Waals surface area (Å²) < 4.78 is 68.6. The van der Waals surface area contributed by atoms with E-state index in [9.17, 15) is 28.0 Å². The Hall–Kier alpha value is -4.18. The molecule has 2 aromatic carbocycles. The summed E-state index contributed by atoms with van der Waals surface area (Å²) in [5, 5.41) is -0.993. The highest BCUT2D eigenvalue weighted by Gasteiger charge is 2.55. The van der Waals surface area contributed by atoms with Crippen molar-refractivity contribution in [3.05, 3.63) is 77.8 Å². The van der Waals surface area contributed by atoms with Crippen LogP contribution >= 0.6 is 23.2 Å². The summed E-state index contributed by atoms with van der Waals surface area (Å²) >= 11 is 13.6. The lowest BCUT2D eigenvalue weighted by atomic mass is 10.0. The summed E-state index contributed by atoms with van der Waals surface area (Å²) in [5.74, 6) is -4.72. The molecule has 288 valence electrons. The molecule has 11 nitrogen and oxygen atoms in total. The predicted octanol–water partition coefficient (Wildman–Crippen LogP) is 5.32. The Labute approximate surface area is 319 Å². The van der Waals surface area contributed by atoms with Gasteiger partial charge in [-0.15, -0.1) is 0 Å². The van der Waals surface area contributed by atoms with Gasteiger partial charge >= 0.3 is 11.9 Å². The van der Waals surface area contributed by atoms with Gasteiger partial charge in [-0.1, -0.05) is 23.2 Å². The molecule has 4 heterocycles. The molecule has 4 aromatic rings. The second kappa shape index (κ2) is 11.7. The van der Waals surface area contributed by atoms with Crippen LogP contribution < -0.4 is 32.1 Å². The maximum Gasteiger partial charge on any atom is 0.351 e. The third-order valence-electron chi connectivity index (χ3n) is 12.9. The normalized spacial score (nSPS) is 28.1. The number of aromatic nitrogens is 2. The Kier molecular flexibility index (Phi) is 7.49. The van der Waals surface area contributed by atoms with Gasteiger partial charge in [0.2, 0.25) is 10.9 Å². The molecule has 2 saturated heterocycles. The van der Waals surface area contributed by atoms with Crippen molar-refractivity contribution < 1.29 is 31.9 Å².